The van der Waals surface area contributed by atoms with E-state index in [4.69, 9.17) is 0 Å². The van der Waals surface area contributed by atoms with Crippen LogP contribution in [0.15, 0.2) is 36.4 Å². The Hall–Kier alpha value is -2.34. The molecule has 6 heteroatoms. The fourth-order valence-corrected chi connectivity index (χ4v) is 3.79. The Bertz CT molecular complexity index is 663. The van der Waals surface area contributed by atoms with Crippen molar-refractivity contribution in [1.82, 2.24) is 0 Å². The minimum Gasteiger partial charge on any atom is -0.550 e. The maximum absolute atomic E-state index is 12.5. The summed E-state index contributed by atoms with van der Waals surface area (Å²) >= 11 is 0. The Labute approximate surface area is 154 Å². The van der Waals surface area contributed by atoms with E-state index in [1.54, 1.807) is 11.0 Å². The second-order valence-corrected chi connectivity index (χ2v) is 7.10. The van der Waals surface area contributed by atoms with Crippen LogP contribution in [0.4, 0.5) is 11.4 Å². The number of rotatable bonds is 5. The fraction of sp³-hybridized carbons (Fsp3) is 0.500. The number of carboxylic acids is 1. The Morgan fingerprint density at radius 1 is 1.12 bits per heavy atom. The van der Waals surface area contributed by atoms with Crippen molar-refractivity contribution >= 4 is 23.3 Å². The molecule has 0 radical (unpaired) electrons. The van der Waals surface area contributed by atoms with Crippen molar-refractivity contribution in [3.05, 3.63) is 36.4 Å². The number of carbonyl (C=O) groups excluding carboxylic acids is 2. The van der Waals surface area contributed by atoms with Gasteiger partial charge in [-0.2, -0.15) is 0 Å². The molecule has 1 saturated heterocycles. The highest BCUT2D eigenvalue weighted by Gasteiger charge is 2.29. The number of carboxylic acid groups (broad SMARTS) is 1. The van der Waals surface area contributed by atoms with E-state index in [2.05, 4.69) is 17.1 Å². The van der Waals surface area contributed by atoms with Crippen molar-refractivity contribution in [3.63, 3.8) is 0 Å². The average molecular weight is 357 g/mol. The molecule has 0 aromatic heterocycles. The monoisotopic (exact) mass is 357 g/mol. The number of carbonyl (C=O) groups is 2. The number of benzene rings is 1. The first-order valence-corrected chi connectivity index (χ1v) is 9.43. The summed E-state index contributed by atoms with van der Waals surface area (Å²) in [6, 6.07) is 7.81. The van der Waals surface area contributed by atoms with Crippen LogP contribution >= 0.6 is 0 Å². The van der Waals surface area contributed by atoms with Crippen molar-refractivity contribution in [1.29, 1.82) is 0 Å². The lowest BCUT2D eigenvalue weighted by Crippen LogP contribution is -3.14. The normalized spacial score (nSPS) is 23.7. The number of aliphatic carboxylic acids is 1. The van der Waals surface area contributed by atoms with Crippen molar-refractivity contribution in [2.75, 3.05) is 42.9 Å². The number of anilines is 2. The molecule has 1 aromatic carbocycles. The Morgan fingerprint density at radius 2 is 1.73 bits per heavy atom. The molecule has 0 saturated carbocycles. The topological polar surface area (TPSA) is 76.9 Å². The zero-order valence-corrected chi connectivity index (χ0v) is 15.2. The first-order valence-electron chi connectivity index (χ1n) is 9.43. The van der Waals surface area contributed by atoms with Gasteiger partial charge < -0.3 is 25.0 Å². The first kappa shape index (κ1) is 18.5. The standard InChI is InChI=1S/C20H27N3O3/c1-2-22-11-13-23(14-12-22)16-9-7-15(8-10-16)21-19(24)17-5-3-4-6-18(17)20(25)26/h3-4,7-10,17-18H,2,5-6,11-14H2,1H3,(H,21,24)(H,25,26)/t17-,18+/m1/s1. The summed E-state index contributed by atoms with van der Waals surface area (Å²) in [5.74, 6) is -2.74. The number of nitrogens with one attached hydrogen (secondary N) is 2. The molecule has 3 rings (SSSR count). The van der Waals surface area contributed by atoms with Gasteiger partial charge in [-0.25, -0.2) is 0 Å². The van der Waals surface area contributed by atoms with Gasteiger partial charge in [0.1, 0.15) is 0 Å². The van der Waals surface area contributed by atoms with Gasteiger partial charge in [-0.3, -0.25) is 4.79 Å². The summed E-state index contributed by atoms with van der Waals surface area (Å²) in [4.78, 5) is 27.7. The number of quaternary nitrogens is 1. The minimum atomic E-state index is -1.15. The summed E-state index contributed by atoms with van der Waals surface area (Å²) in [6.07, 6.45) is 4.46. The second-order valence-electron chi connectivity index (χ2n) is 7.10. The lowest BCUT2D eigenvalue weighted by molar-refractivity contribution is -0.898. The van der Waals surface area contributed by atoms with Gasteiger partial charge in [-0.15, -0.1) is 0 Å². The van der Waals surface area contributed by atoms with E-state index in [1.807, 2.05) is 30.3 Å². The lowest BCUT2D eigenvalue weighted by atomic mass is 9.82. The van der Waals surface area contributed by atoms with Crippen LogP contribution in [0.1, 0.15) is 19.8 Å². The number of hydrogen-bond acceptors (Lipinski definition) is 4. The average Bonchev–Trinajstić information content (AvgIpc) is 2.68. The van der Waals surface area contributed by atoms with Crippen LogP contribution in [-0.2, 0) is 9.59 Å². The predicted octanol–water partition coefficient (Wildman–Crippen LogP) is -0.318. The quantitative estimate of drug-likeness (QED) is 0.709. The van der Waals surface area contributed by atoms with Gasteiger partial charge in [0.2, 0.25) is 5.91 Å². The van der Waals surface area contributed by atoms with Crippen LogP contribution < -0.4 is 20.2 Å². The van der Waals surface area contributed by atoms with E-state index in [0.29, 0.717) is 18.5 Å². The summed E-state index contributed by atoms with van der Waals surface area (Å²) in [6.45, 7) is 7.76. The molecule has 1 heterocycles. The molecule has 2 aliphatic rings. The third-order valence-corrected chi connectivity index (χ3v) is 5.54. The van der Waals surface area contributed by atoms with Gasteiger partial charge >= 0.3 is 0 Å². The molecule has 6 nitrogen and oxygen atoms in total. The van der Waals surface area contributed by atoms with Crippen LogP contribution in [-0.4, -0.2) is 44.6 Å². The molecule has 0 spiro atoms. The molecule has 1 aliphatic carbocycles. The minimum absolute atomic E-state index is 0.253. The largest absolute Gasteiger partial charge is 0.550 e. The molecule has 0 bridgehead atoms. The summed E-state index contributed by atoms with van der Waals surface area (Å²) in [5, 5.41) is 14.1. The molecule has 140 valence electrons. The number of allylic oxidation sites excluding steroid dienone is 2. The number of nitrogens with zero attached hydrogens (tertiary/aromatic N) is 1. The number of piperazine rings is 1. The van der Waals surface area contributed by atoms with Crippen LogP contribution in [0.5, 0.6) is 0 Å². The van der Waals surface area contributed by atoms with Crippen molar-refractivity contribution < 1.29 is 19.6 Å². The SMILES string of the molecule is CC[NH+]1CCN(c2ccc(NC(=O)[C@@H]3CC=CC[C@@H]3C(=O)[O-])cc2)CC1. The Kier molecular flexibility index (Phi) is 5.93. The third-order valence-electron chi connectivity index (χ3n) is 5.54. The van der Waals surface area contributed by atoms with E-state index in [-0.39, 0.29) is 5.91 Å². The zero-order valence-electron chi connectivity index (χ0n) is 15.2. The Morgan fingerprint density at radius 3 is 2.31 bits per heavy atom. The highest BCUT2D eigenvalue weighted by Crippen LogP contribution is 2.27. The third kappa shape index (κ3) is 4.25. The van der Waals surface area contributed by atoms with E-state index in [1.165, 1.54) is 6.54 Å². The molecule has 26 heavy (non-hydrogen) atoms. The number of amides is 1. The van der Waals surface area contributed by atoms with Gasteiger partial charge in [-0.1, -0.05) is 12.2 Å². The van der Waals surface area contributed by atoms with Gasteiger partial charge in [0.15, 0.2) is 0 Å². The van der Waals surface area contributed by atoms with E-state index in [9.17, 15) is 14.7 Å². The second kappa shape index (κ2) is 8.36. The molecule has 0 unspecified atom stereocenters. The van der Waals surface area contributed by atoms with E-state index >= 15 is 0 Å². The number of hydrogen-bond donors (Lipinski definition) is 2. The summed E-state index contributed by atoms with van der Waals surface area (Å²) in [7, 11) is 0. The molecule has 1 amide bonds. The van der Waals surface area contributed by atoms with E-state index < -0.39 is 17.8 Å². The fourth-order valence-electron chi connectivity index (χ4n) is 3.79. The number of likely N-dealkylation sites (N-methyl/N-ethyl adjacent to an activating group) is 1. The highest BCUT2D eigenvalue weighted by molar-refractivity contribution is 5.95. The van der Waals surface area contributed by atoms with Crippen molar-refractivity contribution in [2.24, 2.45) is 11.8 Å². The maximum atomic E-state index is 12.5. The molecular formula is C20H27N3O3. The predicted molar refractivity (Wildman–Crippen MR) is 98.9 cm³/mol. The summed E-state index contributed by atoms with van der Waals surface area (Å²) < 4.78 is 0. The van der Waals surface area contributed by atoms with Gasteiger partial charge in [0, 0.05) is 23.3 Å². The van der Waals surface area contributed by atoms with Gasteiger partial charge in [-0.05, 0) is 44.0 Å². The lowest BCUT2D eigenvalue weighted by Gasteiger charge is -2.33. The molecule has 1 aliphatic heterocycles. The molecule has 1 fully saturated rings. The van der Waals surface area contributed by atoms with Crippen LogP contribution in [0.25, 0.3) is 0 Å². The smallest absolute Gasteiger partial charge is 0.228 e. The first-order chi connectivity index (χ1) is 12.6. The molecule has 2 N–H and O–H groups in total. The molecule has 1 aromatic rings. The van der Waals surface area contributed by atoms with Crippen molar-refractivity contribution in [2.45, 2.75) is 19.8 Å². The van der Waals surface area contributed by atoms with Crippen LogP contribution in [0.3, 0.4) is 0 Å². The van der Waals surface area contributed by atoms with E-state index in [0.717, 1.165) is 31.9 Å². The molecule has 2 atom stereocenters. The highest BCUT2D eigenvalue weighted by atomic mass is 16.4. The van der Waals surface area contributed by atoms with Gasteiger partial charge in [0.05, 0.1) is 38.6 Å². The van der Waals surface area contributed by atoms with Crippen LogP contribution in [0.2, 0.25) is 0 Å². The van der Waals surface area contributed by atoms with Crippen LogP contribution in [0, 0.1) is 11.8 Å². The maximum Gasteiger partial charge on any atom is 0.228 e. The molecular weight excluding hydrogens is 330 g/mol. The van der Waals surface area contributed by atoms with Gasteiger partial charge in [0.25, 0.3) is 0 Å². The Balaban J connectivity index is 1.59. The summed E-state index contributed by atoms with van der Waals surface area (Å²) in [5.41, 5.74) is 1.86. The van der Waals surface area contributed by atoms with Crippen molar-refractivity contribution in [3.8, 4) is 0 Å². The zero-order chi connectivity index (χ0) is 18.5.